The van der Waals surface area contributed by atoms with Gasteiger partial charge in [-0.3, -0.25) is 9.59 Å². The average molecular weight is 409 g/mol. The number of amides is 2. The van der Waals surface area contributed by atoms with Gasteiger partial charge in [-0.05, 0) is 37.8 Å². The molecule has 0 aromatic carbocycles. The molecule has 3 unspecified atom stereocenters. The predicted octanol–water partition coefficient (Wildman–Crippen LogP) is 3.94. The molecule has 158 valence electrons. The van der Waals surface area contributed by atoms with Gasteiger partial charge in [-0.1, -0.05) is 19.8 Å². The van der Waals surface area contributed by atoms with Gasteiger partial charge in [0.15, 0.2) is 5.58 Å². The lowest BCUT2D eigenvalue weighted by Gasteiger charge is -2.44. The molecule has 2 aliphatic rings. The molecule has 0 radical (unpaired) electrons. The summed E-state index contributed by atoms with van der Waals surface area (Å²) in [4.78, 5) is 28.8. The van der Waals surface area contributed by atoms with Crippen LogP contribution in [-0.4, -0.2) is 32.9 Å². The molecule has 3 atom stereocenters. The fourth-order valence-electron chi connectivity index (χ4n) is 4.93. The van der Waals surface area contributed by atoms with Gasteiger partial charge in [0.2, 0.25) is 5.91 Å². The number of nitrogens with one attached hydrogen (secondary N) is 1. The summed E-state index contributed by atoms with van der Waals surface area (Å²) in [6, 6.07) is 7.36. The SMILES string of the molecule is CC1CCCCC1NC(=O)C1(C)Cn2c(cc3occc32)C(=O)N1Cc1ccco1. The highest BCUT2D eigenvalue weighted by molar-refractivity contribution is 6.02. The first kappa shape index (κ1) is 19.0. The molecule has 0 saturated heterocycles. The van der Waals surface area contributed by atoms with Crippen LogP contribution in [-0.2, 0) is 17.9 Å². The number of rotatable bonds is 4. The maximum absolute atomic E-state index is 13.7. The largest absolute Gasteiger partial charge is 0.467 e. The highest BCUT2D eigenvalue weighted by atomic mass is 16.3. The molecule has 2 amide bonds. The third-order valence-electron chi connectivity index (χ3n) is 6.86. The van der Waals surface area contributed by atoms with E-state index in [1.54, 1.807) is 29.6 Å². The number of nitrogens with zero attached hydrogens (tertiary/aromatic N) is 2. The van der Waals surface area contributed by atoms with Crippen LogP contribution in [0.4, 0.5) is 0 Å². The average Bonchev–Trinajstić information content (AvgIpc) is 3.45. The molecule has 1 fully saturated rings. The molecule has 1 saturated carbocycles. The molecule has 0 spiro atoms. The molecule has 4 heterocycles. The molecule has 7 nitrogen and oxygen atoms in total. The Morgan fingerprint density at radius 3 is 2.83 bits per heavy atom. The number of carbonyl (C=O) groups is 2. The van der Waals surface area contributed by atoms with Crippen molar-refractivity contribution in [3.05, 3.63) is 48.2 Å². The zero-order valence-electron chi connectivity index (χ0n) is 17.4. The van der Waals surface area contributed by atoms with E-state index in [1.165, 1.54) is 6.42 Å². The molecule has 5 rings (SSSR count). The molecular weight excluding hydrogens is 382 g/mol. The van der Waals surface area contributed by atoms with Gasteiger partial charge in [0.1, 0.15) is 17.0 Å². The van der Waals surface area contributed by atoms with Crippen molar-refractivity contribution >= 4 is 22.9 Å². The molecule has 1 aliphatic heterocycles. The minimum absolute atomic E-state index is 0.114. The van der Waals surface area contributed by atoms with Crippen LogP contribution in [0.15, 0.2) is 45.6 Å². The molecule has 30 heavy (non-hydrogen) atoms. The van der Waals surface area contributed by atoms with E-state index in [0.29, 0.717) is 29.5 Å². The van der Waals surface area contributed by atoms with Crippen LogP contribution in [0.1, 0.15) is 55.8 Å². The number of aromatic nitrogens is 1. The van der Waals surface area contributed by atoms with Crippen LogP contribution in [0.25, 0.3) is 11.1 Å². The molecule has 1 N–H and O–H groups in total. The van der Waals surface area contributed by atoms with Crippen molar-refractivity contribution in [1.29, 1.82) is 0 Å². The number of hydrogen-bond acceptors (Lipinski definition) is 4. The van der Waals surface area contributed by atoms with E-state index in [4.69, 9.17) is 8.83 Å². The molecule has 3 aromatic rings. The number of carbonyl (C=O) groups excluding carboxylic acids is 2. The molecule has 0 bridgehead atoms. The Balaban J connectivity index is 1.53. The molecule has 3 aromatic heterocycles. The molecular formula is C23H27N3O4. The summed E-state index contributed by atoms with van der Waals surface area (Å²) in [5.41, 5.74) is 0.979. The second kappa shape index (κ2) is 7.07. The first-order chi connectivity index (χ1) is 14.5. The van der Waals surface area contributed by atoms with Gasteiger partial charge in [-0.2, -0.15) is 0 Å². The second-order valence-corrected chi connectivity index (χ2v) is 8.87. The van der Waals surface area contributed by atoms with Gasteiger partial charge in [0.05, 0.1) is 31.1 Å². The van der Waals surface area contributed by atoms with Crippen LogP contribution in [0, 0.1) is 5.92 Å². The van der Waals surface area contributed by atoms with Crippen LogP contribution in [0.5, 0.6) is 0 Å². The van der Waals surface area contributed by atoms with Crippen molar-refractivity contribution in [2.24, 2.45) is 5.92 Å². The fraction of sp³-hybridized carbons (Fsp3) is 0.478. The van der Waals surface area contributed by atoms with E-state index in [1.807, 2.05) is 23.6 Å². The first-order valence-electron chi connectivity index (χ1n) is 10.7. The summed E-state index contributed by atoms with van der Waals surface area (Å²) in [5, 5.41) is 3.27. The van der Waals surface area contributed by atoms with Crippen molar-refractivity contribution < 1.29 is 18.4 Å². The Morgan fingerprint density at radius 1 is 1.23 bits per heavy atom. The summed E-state index contributed by atoms with van der Waals surface area (Å²) >= 11 is 0. The lowest BCUT2D eigenvalue weighted by atomic mass is 9.85. The normalized spacial score (nSPS) is 26.7. The lowest BCUT2D eigenvalue weighted by Crippen LogP contribution is -2.65. The van der Waals surface area contributed by atoms with E-state index in [9.17, 15) is 9.59 Å². The Hall–Kier alpha value is -2.96. The highest BCUT2D eigenvalue weighted by Gasteiger charge is 2.49. The van der Waals surface area contributed by atoms with Crippen molar-refractivity contribution in [1.82, 2.24) is 14.8 Å². The summed E-state index contributed by atoms with van der Waals surface area (Å²) in [6.45, 7) is 4.65. The van der Waals surface area contributed by atoms with E-state index in [2.05, 4.69) is 12.2 Å². The summed E-state index contributed by atoms with van der Waals surface area (Å²) in [7, 11) is 0. The Kier molecular flexibility index (Phi) is 4.49. The zero-order valence-corrected chi connectivity index (χ0v) is 17.4. The smallest absolute Gasteiger partial charge is 0.272 e. The van der Waals surface area contributed by atoms with Crippen molar-refractivity contribution in [2.75, 3.05) is 0 Å². The van der Waals surface area contributed by atoms with Crippen LogP contribution in [0.3, 0.4) is 0 Å². The Bertz CT molecular complexity index is 1080. The predicted molar refractivity (Wildman–Crippen MR) is 111 cm³/mol. The first-order valence-corrected chi connectivity index (χ1v) is 10.7. The number of furan rings is 2. The lowest BCUT2D eigenvalue weighted by molar-refractivity contribution is -0.134. The van der Waals surface area contributed by atoms with Gasteiger partial charge in [0.25, 0.3) is 5.91 Å². The summed E-state index contributed by atoms with van der Waals surface area (Å²) in [5.74, 6) is 0.777. The van der Waals surface area contributed by atoms with E-state index in [-0.39, 0.29) is 24.4 Å². The quantitative estimate of drug-likeness (QED) is 0.708. The van der Waals surface area contributed by atoms with Gasteiger partial charge in [-0.25, -0.2) is 0 Å². The van der Waals surface area contributed by atoms with Gasteiger partial charge >= 0.3 is 0 Å². The van der Waals surface area contributed by atoms with Crippen molar-refractivity contribution in [2.45, 2.75) is 64.2 Å². The zero-order chi connectivity index (χ0) is 20.9. The van der Waals surface area contributed by atoms with Gasteiger partial charge in [0, 0.05) is 18.2 Å². The second-order valence-electron chi connectivity index (χ2n) is 8.87. The number of fused-ring (bicyclic) bond motifs is 3. The minimum atomic E-state index is -1.04. The maximum Gasteiger partial charge on any atom is 0.272 e. The van der Waals surface area contributed by atoms with Crippen LogP contribution < -0.4 is 5.32 Å². The fourth-order valence-corrected chi connectivity index (χ4v) is 4.93. The third kappa shape index (κ3) is 2.95. The summed E-state index contributed by atoms with van der Waals surface area (Å²) in [6.07, 6.45) is 7.63. The van der Waals surface area contributed by atoms with Gasteiger partial charge < -0.3 is 23.6 Å². The Morgan fingerprint density at radius 2 is 2.07 bits per heavy atom. The Labute approximate surface area is 175 Å². The topological polar surface area (TPSA) is 80.6 Å². The highest BCUT2D eigenvalue weighted by Crippen LogP contribution is 2.34. The third-order valence-corrected chi connectivity index (χ3v) is 6.86. The monoisotopic (exact) mass is 409 g/mol. The van der Waals surface area contributed by atoms with Crippen molar-refractivity contribution in [3.8, 4) is 0 Å². The van der Waals surface area contributed by atoms with Crippen LogP contribution in [0.2, 0.25) is 0 Å². The standard InChI is InChI=1S/C23H27N3O4/c1-15-6-3-4-8-17(15)24-22(28)23(2)14-25-18-9-11-30-20(18)12-19(25)21(27)26(23)13-16-7-5-10-29-16/h5,7,9-12,15,17H,3-4,6,8,13-14H2,1-2H3,(H,24,28). The number of hydrogen-bond donors (Lipinski definition) is 1. The van der Waals surface area contributed by atoms with E-state index in [0.717, 1.165) is 24.8 Å². The van der Waals surface area contributed by atoms with Gasteiger partial charge in [-0.15, -0.1) is 0 Å². The van der Waals surface area contributed by atoms with Crippen molar-refractivity contribution in [3.63, 3.8) is 0 Å². The molecule has 1 aliphatic carbocycles. The summed E-state index contributed by atoms with van der Waals surface area (Å²) < 4.78 is 12.9. The molecule has 7 heteroatoms. The van der Waals surface area contributed by atoms with E-state index >= 15 is 0 Å². The van der Waals surface area contributed by atoms with Crippen LogP contribution >= 0.6 is 0 Å². The minimum Gasteiger partial charge on any atom is -0.467 e. The maximum atomic E-state index is 13.7. The van der Waals surface area contributed by atoms with E-state index < -0.39 is 5.54 Å².